The zero-order chi connectivity index (χ0) is 18.8. The van der Waals surface area contributed by atoms with Crippen molar-refractivity contribution in [2.24, 2.45) is 16.8 Å². The SMILES string of the molecule is CN=C(NCC1CCCN(CC(C)C)C1)NC(C)CCc1ccccc1.I. The number of piperidine rings is 1. The Morgan fingerprint density at radius 3 is 2.63 bits per heavy atom. The summed E-state index contributed by atoms with van der Waals surface area (Å²) in [6.45, 7) is 11.6. The van der Waals surface area contributed by atoms with Gasteiger partial charge in [0, 0.05) is 32.7 Å². The summed E-state index contributed by atoms with van der Waals surface area (Å²) in [4.78, 5) is 7.04. The predicted octanol–water partition coefficient (Wildman–Crippen LogP) is 4.16. The first kappa shape index (κ1) is 24.2. The van der Waals surface area contributed by atoms with E-state index in [4.69, 9.17) is 0 Å². The predicted molar refractivity (Wildman–Crippen MR) is 128 cm³/mol. The summed E-state index contributed by atoms with van der Waals surface area (Å²) in [7, 11) is 1.87. The van der Waals surface area contributed by atoms with Crippen LogP contribution in [0.4, 0.5) is 0 Å². The third-order valence-corrected chi connectivity index (χ3v) is 5.10. The first-order valence-corrected chi connectivity index (χ1v) is 10.3. The number of guanidine groups is 1. The van der Waals surface area contributed by atoms with Gasteiger partial charge < -0.3 is 15.5 Å². The first-order valence-electron chi connectivity index (χ1n) is 10.3. The minimum atomic E-state index is 0. The lowest BCUT2D eigenvalue weighted by molar-refractivity contribution is 0.159. The van der Waals surface area contributed by atoms with Crippen LogP contribution in [0.25, 0.3) is 0 Å². The summed E-state index contributed by atoms with van der Waals surface area (Å²) < 4.78 is 0. The smallest absolute Gasteiger partial charge is 0.191 e. The van der Waals surface area contributed by atoms with E-state index in [9.17, 15) is 0 Å². The third kappa shape index (κ3) is 9.79. The highest BCUT2D eigenvalue weighted by Gasteiger charge is 2.20. The van der Waals surface area contributed by atoms with Gasteiger partial charge in [-0.1, -0.05) is 44.2 Å². The summed E-state index contributed by atoms with van der Waals surface area (Å²) in [5, 5.41) is 7.10. The van der Waals surface area contributed by atoms with Crippen molar-refractivity contribution in [2.45, 2.75) is 52.5 Å². The largest absolute Gasteiger partial charge is 0.356 e. The molecule has 2 rings (SSSR count). The number of hydrogen-bond acceptors (Lipinski definition) is 2. The number of hydrogen-bond donors (Lipinski definition) is 2. The zero-order valence-corrected chi connectivity index (χ0v) is 19.9. The lowest BCUT2D eigenvalue weighted by atomic mass is 9.97. The van der Waals surface area contributed by atoms with Gasteiger partial charge in [-0.3, -0.25) is 4.99 Å². The number of nitrogens with one attached hydrogen (secondary N) is 2. The normalized spacial score (nSPS) is 19.4. The quantitative estimate of drug-likeness (QED) is 0.330. The number of halogens is 1. The number of rotatable bonds is 8. The Bertz CT molecular complexity index is 532. The molecule has 0 amide bonds. The van der Waals surface area contributed by atoms with E-state index >= 15 is 0 Å². The molecular weight excluding hydrogens is 447 g/mol. The summed E-state index contributed by atoms with van der Waals surface area (Å²) >= 11 is 0. The summed E-state index contributed by atoms with van der Waals surface area (Å²) in [6.07, 6.45) is 4.84. The van der Waals surface area contributed by atoms with Gasteiger partial charge in [-0.15, -0.1) is 24.0 Å². The Hall–Kier alpha value is -0.820. The number of nitrogens with zero attached hydrogens (tertiary/aromatic N) is 2. The average Bonchev–Trinajstić information content (AvgIpc) is 2.64. The highest BCUT2D eigenvalue weighted by atomic mass is 127. The van der Waals surface area contributed by atoms with Crippen LogP contribution in [-0.2, 0) is 6.42 Å². The Balaban J connectivity index is 0.00000364. The standard InChI is InChI=1S/C22H38N4.HI/c1-18(2)16-26-14-8-11-21(17-26)15-24-22(23-4)25-19(3)12-13-20-9-6-5-7-10-20;/h5-7,9-10,18-19,21H,8,11-17H2,1-4H3,(H2,23,24,25);1H. The van der Waals surface area contributed by atoms with E-state index in [1.165, 1.54) is 38.0 Å². The van der Waals surface area contributed by atoms with Crippen LogP contribution in [0.15, 0.2) is 35.3 Å². The van der Waals surface area contributed by atoms with Crippen molar-refractivity contribution in [1.29, 1.82) is 0 Å². The lowest BCUT2D eigenvalue weighted by Crippen LogP contribution is -2.47. The molecule has 0 bridgehead atoms. The molecule has 0 saturated carbocycles. The number of aliphatic imine (C=N–C) groups is 1. The zero-order valence-electron chi connectivity index (χ0n) is 17.6. The van der Waals surface area contributed by atoms with Crippen molar-refractivity contribution >= 4 is 29.9 Å². The molecule has 0 radical (unpaired) electrons. The van der Waals surface area contributed by atoms with Crippen molar-refractivity contribution in [3.05, 3.63) is 35.9 Å². The van der Waals surface area contributed by atoms with Gasteiger partial charge in [0.1, 0.15) is 0 Å². The molecule has 2 N–H and O–H groups in total. The molecule has 154 valence electrons. The maximum atomic E-state index is 4.42. The minimum Gasteiger partial charge on any atom is -0.356 e. The lowest BCUT2D eigenvalue weighted by Gasteiger charge is -2.34. The molecule has 2 atom stereocenters. The van der Waals surface area contributed by atoms with Crippen LogP contribution < -0.4 is 10.6 Å². The molecule has 1 aromatic carbocycles. The highest BCUT2D eigenvalue weighted by Crippen LogP contribution is 2.16. The molecule has 27 heavy (non-hydrogen) atoms. The molecule has 1 aliphatic heterocycles. The monoisotopic (exact) mass is 486 g/mol. The van der Waals surface area contributed by atoms with Gasteiger partial charge in [-0.05, 0) is 56.6 Å². The van der Waals surface area contributed by atoms with Crippen LogP contribution in [0.5, 0.6) is 0 Å². The van der Waals surface area contributed by atoms with E-state index in [2.05, 4.69) is 71.6 Å². The van der Waals surface area contributed by atoms with Crippen LogP contribution in [0.3, 0.4) is 0 Å². The van der Waals surface area contributed by atoms with E-state index in [0.717, 1.165) is 37.2 Å². The Kier molecular flexibility index (Phi) is 12.0. The van der Waals surface area contributed by atoms with Crippen molar-refractivity contribution < 1.29 is 0 Å². The second kappa shape index (κ2) is 13.4. The Morgan fingerprint density at radius 2 is 1.96 bits per heavy atom. The van der Waals surface area contributed by atoms with Crippen LogP contribution in [-0.4, -0.2) is 50.1 Å². The average molecular weight is 486 g/mol. The molecule has 0 spiro atoms. The number of likely N-dealkylation sites (tertiary alicyclic amines) is 1. The molecule has 1 aliphatic rings. The molecule has 0 aliphatic carbocycles. The van der Waals surface area contributed by atoms with Crippen molar-refractivity contribution in [2.75, 3.05) is 33.2 Å². The number of benzene rings is 1. The van der Waals surface area contributed by atoms with Gasteiger partial charge in [0.25, 0.3) is 0 Å². The molecular formula is C22H39IN4. The second-order valence-electron chi connectivity index (χ2n) is 8.18. The molecule has 5 heteroatoms. The van der Waals surface area contributed by atoms with E-state index < -0.39 is 0 Å². The van der Waals surface area contributed by atoms with Gasteiger partial charge in [-0.25, -0.2) is 0 Å². The topological polar surface area (TPSA) is 39.7 Å². The molecule has 1 heterocycles. The second-order valence-corrected chi connectivity index (χ2v) is 8.18. The van der Waals surface area contributed by atoms with E-state index in [0.29, 0.717) is 6.04 Å². The van der Waals surface area contributed by atoms with Crippen LogP contribution in [0.1, 0.15) is 45.6 Å². The minimum absolute atomic E-state index is 0. The fourth-order valence-corrected chi connectivity index (χ4v) is 3.77. The Labute approximate surface area is 183 Å². The van der Waals surface area contributed by atoms with Crippen LogP contribution in [0.2, 0.25) is 0 Å². The summed E-state index contributed by atoms with van der Waals surface area (Å²) in [5.74, 6) is 2.41. The van der Waals surface area contributed by atoms with E-state index in [-0.39, 0.29) is 24.0 Å². The molecule has 1 fully saturated rings. The first-order chi connectivity index (χ1) is 12.6. The van der Waals surface area contributed by atoms with Crippen LogP contribution in [0, 0.1) is 11.8 Å². The van der Waals surface area contributed by atoms with E-state index in [1.54, 1.807) is 0 Å². The third-order valence-electron chi connectivity index (χ3n) is 5.10. The number of aryl methyl sites for hydroxylation is 1. The van der Waals surface area contributed by atoms with Crippen molar-refractivity contribution in [1.82, 2.24) is 15.5 Å². The highest BCUT2D eigenvalue weighted by molar-refractivity contribution is 14.0. The fraction of sp³-hybridized carbons (Fsp3) is 0.682. The maximum absolute atomic E-state index is 4.42. The molecule has 1 saturated heterocycles. The van der Waals surface area contributed by atoms with E-state index in [1.807, 2.05) is 7.05 Å². The molecule has 4 nitrogen and oxygen atoms in total. The molecule has 2 unspecified atom stereocenters. The fourth-order valence-electron chi connectivity index (χ4n) is 3.77. The molecule has 1 aromatic rings. The van der Waals surface area contributed by atoms with Crippen molar-refractivity contribution in [3.8, 4) is 0 Å². The summed E-state index contributed by atoms with van der Waals surface area (Å²) in [6, 6.07) is 11.1. The van der Waals surface area contributed by atoms with Crippen molar-refractivity contribution in [3.63, 3.8) is 0 Å². The van der Waals surface area contributed by atoms with Gasteiger partial charge in [-0.2, -0.15) is 0 Å². The van der Waals surface area contributed by atoms with Crippen LogP contribution >= 0.6 is 24.0 Å². The van der Waals surface area contributed by atoms with Gasteiger partial charge in [0.2, 0.25) is 0 Å². The van der Waals surface area contributed by atoms with Gasteiger partial charge in [0.15, 0.2) is 5.96 Å². The van der Waals surface area contributed by atoms with Gasteiger partial charge in [0.05, 0.1) is 0 Å². The Morgan fingerprint density at radius 1 is 1.22 bits per heavy atom. The molecule has 0 aromatic heterocycles. The van der Waals surface area contributed by atoms with Gasteiger partial charge >= 0.3 is 0 Å². The maximum Gasteiger partial charge on any atom is 0.191 e. The summed E-state index contributed by atoms with van der Waals surface area (Å²) in [5.41, 5.74) is 1.40.